The highest BCUT2D eigenvalue weighted by atomic mass is 16.4. The summed E-state index contributed by atoms with van der Waals surface area (Å²) in [6, 6.07) is 3.85. The Bertz CT molecular complexity index is 459. The number of allylic oxidation sites excluding steroid dienone is 1. The first-order chi connectivity index (χ1) is 10.2. The van der Waals surface area contributed by atoms with Crippen LogP contribution in [0.2, 0.25) is 0 Å². The predicted octanol–water partition coefficient (Wildman–Crippen LogP) is 3.57. The normalized spacial score (nSPS) is 17.0. The Morgan fingerprint density at radius 1 is 1.33 bits per heavy atom. The number of rotatable bonds is 8. The molecular formula is C17H26N2O2. The number of carbonyl (C=O) groups is 1. The summed E-state index contributed by atoms with van der Waals surface area (Å²) >= 11 is 0. The number of unbranched alkanes of at least 4 members (excludes halogenated alkanes) is 3. The second-order valence-corrected chi connectivity index (χ2v) is 5.82. The lowest BCUT2D eigenvalue weighted by atomic mass is 10.0. The van der Waals surface area contributed by atoms with Gasteiger partial charge in [0.2, 0.25) is 0 Å². The third-order valence-electron chi connectivity index (χ3n) is 4.33. The highest BCUT2D eigenvalue weighted by molar-refractivity contribution is 5.85. The van der Waals surface area contributed by atoms with Crippen molar-refractivity contribution in [3.8, 4) is 0 Å². The van der Waals surface area contributed by atoms with Crippen LogP contribution in [0.1, 0.15) is 55.1 Å². The fourth-order valence-electron chi connectivity index (χ4n) is 3.12. The molecule has 0 spiro atoms. The van der Waals surface area contributed by atoms with Gasteiger partial charge in [-0.15, -0.1) is 6.58 Å². The first kappa shape index (κ1) is 15.8. The van der Waals surface area contributed by atoms with Crippen molar-refractivity contribution in [2.75, 3.05) is 19.6 Å². The van der Waals surface area contributed by atoms with Gasteiger partial charge in [0, 0.05) is 25.3 Å². The Morgan fingerprint density at radius 2 is 2.10 bits per heavy atom. The maximum absolute atomic E-state index is 11.2. The van der Waals surface area contributed by atoms with Crippen LogP contribution < -0.4 is 0 Å². The predicted molar refractivity (Wildman–Crippen MR) is 84.8 cm³/mol. The van der Waals surface area contributed by atoms with Gasteiger partial charge in [0.15, 0.2) is 0 Å². The number of hydrogen-bond acceptors (Lipinski definition) is 2. The maximum atomic E-state index is 11.2. The third-order valence-corrected chi connectivity index (χ3v) is 4.33. The molecule has 0 saturated carbocycles. The molecule has 0 radical (unpaired) electrons. The average Bonchev–Trinajstić information content (AvgIpc) is 2.97. The van der Waals surface area contributed by atoms with Gasteiger partial charge in [0.25, 0.3) is 0 Å². The lowest BCUT2D eigenvalue weighted by Crippen LogP contribution is -2.35. The number of nitrogens with zero attached hydrogens (tertiary/aromatic N) is 2. The molecule has 4 heteroatoms. The summed E-state index contributed by atoms with van der Waals surface area (Å²) < 4.78 is 1.93. The Kier molecular flexibility index (Phi) is 6.05. The summed E-state index contributed by atoms with van der Waals surface area (Å²) in [4.78, 5) is 13.7. The SMILES string of the molecule is C=CCCCCCN1CCC(n2cccc2C(=O)O)CC1. The molecule has 0 bridgehead atoms. The van der Waals surface area contributed by atoms with Gasteiger partial charge >= 0.3 is 5.97 Å². The maximum Gasteiger partial charge on any atom is 0.352 e. The number of likely N-dealkylation sites (tertiary alicyclic amines) is 1. The van der Waals surface area contributed by atoms with Crippen LogP contribution in [-0.4, -0.2) is 40.2 Å². The van der Waals surface area contributed by atoms with Crippen LogP contribution in [0.3, 0.4) is 0 Å². The van der Waals surface area contributed by atoms with E-state index < -0.39 is 5.97 Å². The zero-order chi connectivity index (χ0) is 15.1. The van der Waals surface area contributed by atoms with Crippen LogP contribution in [0, 0.1) is 0 Å². The fraction of sp³-hybridized carbons (Fsp3) is 0.588. The third kappa shape index (κ3) is 4.46. The number of aromatic carboxylic acids is 1. The van der Waals surface area contributed by atoms with Crippen molar-refractivity contribution >= 4 is 5.97 Å². The number of piperidine rings is 1. The molecule has 1 aromatic heterocycles. The summed E-state index contributed by atoms with van der Waals surface area (Å²) in [5.41, 5.74) is 0.415. The highest BCUT2D eigenvalue weighted by Crippen LogP contribution is 2.24. The van der Waals surface area contributed by atoms with Gasteiger partial charge in [-0.05, 0) is 50.8 Å². The number of hydrogen-bond donors (Lipinski definition) is 1. The van der Waals surface area contributed by atoms with Crippen LogP contribution >= 0.6 is 0 Å². The summed E-state index contributed by atoms with van der Waals surface area (Å²) in [6.45, 7) is 7.06. The molecule has 1 saturated heterocycles. The zero-order valence-electron chi connectivity index (χ0n) is 12.7. The summed E-state index contributed by atoms with van der Waals surface area (Å²) in [5, 5.41) is 9.19. The van der Waals surface area contributed by atoms with E-state index in [1.807, 2.05) is 22.9 Å². The molecule has 0 unspecified atom stereocenters. The van der Waals surface area contributed by atoms with Crippen molar-refractivity contribution in [3.05, 3.63) is 36.7 Å². The van der Waals surface area contributed by atoms with Crippen molar-refractivity contribution in [2.24, 2.45) is 0 Å². The molecule has 116 valence electrons. The van der Waals surface area contributed by atoms with Gasteiger partial charge in [0.1, 0.15) is 5.69 Å². The number of aromatic nitrogens is 1. The smallest absolute Gasteiger partial charge is 0.352 e. The molecule has 1 aliphatic heterocycles. The number of carboxylic acid groups (broad SMARTS) is 1. The number of carboxylic acids is 1. The van der Waals surface area contributed by atoms with Crippen LogP contribution in [0.5, 0.6) is 0 Å². The van der Waals surface area contributed by atoms with Crippen LogP contribution in [0.4, 0.5) is 0 Å². The Labute approximate surface area is 127 Å². The monoisotopic (exact) mass is 290 g/mol. The molecule has 1 N–H and O–H groups in total. The van der Waals surface area contributed by atoms with Crippen molar-refractivity contribution in [1.82, 2.24) is 9.47 Å². The highest BCUT2D eigenvalue weighted by Gasteiger charge is 2.22. The van der Waals surface area contributed by atoms with Gasteiger partial charge in [-0.2, -0.15) is 0 Å². The lowest BCUT2D eigenvalue weighted by Gasteiger charge is -2.33. The van der Waals surface area contributed by atoms with Gasteiger partial charge < -0.3 is 14.6 Å². The van der Waals surface area contributed by atoms with Gasteiger partial charge in [0.05, 0.1) is 0 Å². The van der Waals surface area contributed by atoms with Crippen molar-refractivity contribution in [2.45, 2.75) is 44.6 Å². The Hall–Kier alpha value is -1.55. The minimum Gasteiger partial charge on any atom is -0.477 e. The topological polar surface area (TPSA) is 45.5 Å². The van der Waals surface area contributed by atoms with Crippen LogP contribution in [0.25, 0.3) is 0 Å². The van der Waals surface area contributed by atoms with Gasteiger partial charge in [-0.25, -0.2) is 4.79 Å². The fourth-order valence-corrected chi connectivity index (χ4v) is 3.12. The molecular weight excluding hydrogens is 264 g/mol. The van der Waals surface area contributed by atoms with Crippen molar-refractivity contribution in [3.63, 3.8) is 0 Å². The van der Waals surface area contributed by atoms with Crippen molar-refractivity contribution < 1.29 is 9.90 Å². The Balaban J connectivity index is 1.74. The average molecular weight is 290 g/mol. The molecule has 4 nitrogen and oxygen atoms in total. The molecule has 0 amide bonds. The van der Waals surface area contributed by atoms with E-state index in [1.54, 1.807) is 6.07 Å². The van der Waals surface area contributed by atoms with Crippen LogP contribution in [0.15, 0.2) is 31.0 Å². The minimum atomic E-state index is -0.829. The van der Waals surface area contributed by atoms with E-state index in [2.05, 4.69) is 11.5 Å². The van der Waals surface area contributed by atoms with Gasteiger partial charge in [-0.1, -0.05) is 12.5 Å². The molecule has 0 aromatic carbocycles. The van der Waals surface area contributed by atoms with E-state index in [-0.39, 0.29) is 0 Å². The first-order valence-corrected chi connectivity index (χ1v) is 7.95. The van der Waals surface area contributed by atoms with E-state index >= 15 is 0 Å². The van der Waals surface area contributed by atoms with E-state index in [1.165, 1.54) is 25.8 Å². The molecule has 1 aromatic rings. The Morgan fingerprint density at radius 3 is 2.76 bits per heavy atom. The summed E-state index contributed by atoms with van der Waals surface area (Å²) in [5.74, 6) is -0.829. The summed E-state index contributed by atoms with van der Waals surface area (Å²) in [7, 11) is 0. The molecule has 21 heavy (non-hydrogen) atoms. The lowest BCUT2D eigenvalue weighted by molar-refractivity contribution is 0.0678. The minimum absolute atomic E-state index is 0.336. The van der Waals surface area contributed by atoms with Crippen LogP contribution in [-0.2, 0) is 0 Å². The molecule has 2 rings (SSSR count). The van der Waals surface area contributed by atoms with Crippen molar-refractivity contribution in [1.29, 1.82) is 0 Å². The second kappa shape index (κ2) is 8.03. The van der Waals surface area contributed by atoms with E-state index in [4.69, 9.17) is 0 Å². The van der Waals surface area contributed by atoms with E-state index in [9.17, 15) is 9.90 Å². The second-order valence-electron chi connectivity index (χ2n) is 5.82. The van der Waals surface area contributed by atoms with E-state index in [0.717, 1.165) is 32.4 Å². The zero-order valence-corrected chi connectivity index (χ0v) is 12.7. The molecule has 0 aliphatic carbocycles. The van der Waals surface area contributed by atoms with E-state index in [0.29, 0.717) is 11.7 Å². The largest absolute Gasteiger partial charge is 0.477 e. The summed E-state index contributed by atoms with van der Waals surface area (Å²) in [6.07, 6.45) is 10.9. The first-order valence-electron chi connectivity index (χ1n) is 7.95. The molecule has 1 aliphatic rings. The molecule has 2 heterocycles. The molecule has 1 fully saturated rings. The quantitative estimate of drug-likeness (QED) is 0.588. The molecule has 0 atom stereocenters. The van der Waals surface area contributed by atoms with Gasteiger partial charge in [-0.3, -0.25) is 0 Å². The standard InChI is InChI=1S/C17H26N2O2/c1-2-3-4-5-6-11-18-13-9-15(10-14-18)19-12-7-8-16(19)17(20)21/h2,7-8,12,15H,1,3-6,9-11,13-14H2,(H,20,21).